The number of imide groups is 1. The molecule has 122 valence electrons. The Kier molecular flexibility index (Phi) is 6.89. The predicted octanol–water partition coefficient (Wildman–Crippen LogP) is 2.70. The first kappa shape index (κ1) is 18.0. The minimum Gasteiger partial charge on any atom is -0.496 e. The van der Waals surface area contributed by atoms with E-state index in [9.17, 15) is 9.59 Å². The molecule has 1 atom stereocenters. The van der Waals surface area contributed by atoms with Gasteiger partial charge in [0.05, 0.1) is 7.11 Å². The number of methoxy groups -OCH3 is 1. The Labute approximate surface area is 132 Å². The third-order valence-electron chi connectivity index (χ3n) is 3.92. The van der Waals surface area contributed by atoms with E-state index in [0.717, 1.165) is 11.4 Å². The minimum absolute atomic E-state index is 0.173. The maximum atomic E-state index is 11.3. The molecule has 0 bridgehead atoms. The van der Waals surface area contributed by atoms with Crippen molar-refractivity contribution in [2.45, 2.75) is 45.6 Å². The van der Waals surface area contributed by atoms with Crippen LogP contribution < -0.4 is 15.0 Å². The van der Waals surface area contributed by atoms with Crippen LogP contribution in [0.15, 0.2) is 18.2 Å². The van der Waals surface area contributed by atoms with Gasteiger partial charge in [-0.25, -0.2) is 0 Å². The van der Waals surface area contributed by atoms with Gasteiger partial charge in [-0.2, -0.15) is 0 Å². The number of hydrogen-bond acceptors (Lipinski definition) is 4. The summed E-state index contributed by atoms with van der Waals surface area (Å²) in [6, 6.07) is 6.35. The molecule has 2 amide bonds. The van der Waals surface area contributed by atoms with Gasteiger partial charge in [-0.15, -0.1) is 0 Å². The Balaban J connectivity index is 2.77. The topological polar surface area (TPSA) is 58.6 Å². The summed E-state index contributed by atoms with van der Waals surface area (Å²) in [5, 5.41) is 2.16. The zero-order valence-electron chi connectivity index (χ0n) is 14.1. The molecule has 5 nitrogen and oxygen atoms in total. The number of amides is 2. The van der Waals surface area contributed by atoms with Crippen molar-refractivity contribution in [3.8, 4) is 5.75 Å². The van der Waals surface area contributed by atoms with Gasteiger partial charge >= 0.3 is 0 Å². The average Bonchev–Trinajstić information content (AvgIpc) is 2.51. The maximum absolute atomic E-state index is 11.3. The van der Waals surface area contributed by atoms with Crippen LogP contribution in [0.3, 0.4) is 0 Å². The molecule has 1 aromatic rings. The number of carbonyl (C=O) groups is 2. The molecule has 0 aromatic heterocycles. The fourth-order valence-corrected chi connectivity index (χ4v) is 2.32. The van der Waals surface area contributed by atoms with Crippen LogP contribution in [0.25, 0.3) is 0 Å². The summed E-state index contributed by atoms with van der Waals surface area (Å²) in [5.41, 5.74) is 2.22. The molecule has 0 radical (unpaired) electrons. The summed E-state index contributed by atoms with van der Waals surface area (Å²) in [6.45, 7) is 6.32. The van der Waals surface area contributed by atoms with E-state index < -0.39 is 0 Å². The first-order valence-corrected chi connectivity index (χ1v) is 7.54. The molecule has 1 N–H and O–H groups in total. The number of carbonyl (C=O) groups excluding carboxylic acids is 2. The van der Waals surface area contributed by atoms with Crippen molar-refractivity contribution in [2.24, 2.45) is 0 Å². The Morgan fingerprint density at radius 3 is 2.59 bits per heavy atom. The smallest absolute Gasteiger partial charge is 0.226 e. The van der Waals surface area contributed by atoms with E-state index in [0.29, 0.717) is 25.2 Å². The minimum atomic E-state index is -0.247. The van der Waals surface area contributed by atoms with Gasteiger partial charge in [0.25, 0.3) is 0 Å². The Bertz CT molecular complexity index is 515. The highest BCUT2D eigenvalue weighted by atomic mass is 16.5. The molecule has 0 spiro atoms. The van der Waals surface area contributed by atoms with Crippen LogP contribution in [0.2, 0.25) is 0 Å². The normalized spacial score (nSPS) is 11.9. The van der Waals surface area contributed by atoms with Crippen LogP contribution in [-0.2, 0) is 9.59 Å². The van der Waals surface area contributed by atoms with Crippen LogP contribution in [0.1, 0.15) is 45.1 Å². The number of nitrogens with zero attached hydrogens (tertiary/aromatic N) is 1. The first-order chi connectivity index (χ1) is 10.4. The molecule has 0 aliphatic heterocycles. The number of anilines is 1. The van der Waals surface area contributed by atoms with Crippen molar-refractivity contribution >= 4 is 18.0 Å². The zero-order valence-corrected chi connectivity index (χ0v) is 14.1. The molecule has 0 aliphatic rings. The third kappa shape index (κ3) is 4.76. The Hall–Kier alpha value is -2.04. The number of ether oxygens (including phenoxy) is 1. The number of rotatable bonds is 8. The SMILES string of the molecule is COc1cc(N(C)C(C)CCC(=O)NC=O)ccc1C(C)C. The van der Waals surface area contributed by atoms with Gasteiger partial charge in [0.1, 0.15) is 5.75 Å². The highest BCUT2D eigenvalue weighted by Gasteiger charge is 2.15. The molecule has 1 rings (SSSR count). The summed E-state index contributed by atoms with van der Waals surface area (Å²) in [7, 11) is 3.67. The van der Waals surface area contributed by atoms with Crippen molar-refractivity contribution in [3.05, 3.63) is 23.8 Å². The van der Waals surface area contributed by atoms with Crippen molar-refractivity contribution in [1.29, 1.82) is 0 Å². The number of nitrogens with one attached hydrogen (secondary N) is 1. The third-order valence-corrected chi connectivity index (χ3v) is 3.92. The van der Waals surface area contributed by atoms with Gasteiger partial charge in [0.2, 0.25) is 12.3 Å². The lowest BCUT2D eigenvalue weighted by molar-refractivity contribution is -0.125. The van der Waals surface area contributed by atoms with Gasteiger partial charge < -0.3 is 9.64 Å². The largest absolute Gasteiger partial charge is 0.496 e. The Morgan fingerprint density at radius 2 is 2.05 bits per heavy atom. The second kappa shape index (κ2) is 8.41. The van der Waals surface area contributed by atoms with E-state index in [1.807, 2.05) is 13.1 Å². The van der Waals surface area contributed by atoms with Crippen molar-refractivity contribution in [3.63, 3.8) is 0 Å². The second-order valence-electron chi connectivity index (χ2n) is 5.76. The van der Waals surface area contributed by atoms with Gasteiger partial charge in [-0.05, 0) is 30.9 Å². The molecule has 5 heteroatoms. The van der Waals surface area contributed by atoms with E-state index >= 15 is 0 Å². The molecular formula is C17H26N2O3. The molecule has 0 saturated heterocycles. The fourth-order valence-electron chi connectivity index (χ4n) is 2.32. The lowest BCUT2D eigenvalue weighted by Crippen LogP contribution is -2.31. The Morgan fingerprint density at radius 1 is 1.36 bits per heavy atom. The number of hydrogen-bond donors (Lipinski definition) is 1. The fraction of sp³-hybridized carbons (Fsp3) is 0.529. The molecular weight excluding hydrogens is 280 g/mol. The summed E-state index contributed by atoms with van der Waals surface area (Å²) in [5.74, 6) is 1.03. The molecule has 1 unspecified atom stereocenters. The van der Waals surface area contributed by atoms with E-state index in [2.05, 4.69) is 43.1 Å². The lowest BCUT2D eigenvalue weighted by atomic mass is 10.0. The second-order valence-corrected chi connectivity index (χ2v) is 5.76. The maximum Gasteiger partial charge on any atom is 0.226 e. The van der Waals surface area contributed by atoms with Crippen LogP contribution >= 0.6 is 0 Å². The molecule has 0 fully saturated rings. The van der Waals surface area contributed by atoms with E-state index in [1.54, 1.807) is 7.11 Å². The number of benzene rings is 1. The van der Waals surface area contributed by atoms with Crippen molar-refractivity contribution in [1.82, 2.24) is 5.32 Å². The molecule has 0 saturated carbocycles. The highest BCUT2D eigenvalue weighted by molar-refractivity contribution is 5.85. The van der Waals surface area contributed by atoms with Gasteiger partial charge in [-0.3, -0.25) is 14.9 Å². The van der Waals surface area contributed by atoms with Gasteiger partial charge in [0, 0.05) is 31.3 Å². The van der Waals surface area contributed by atoms with Crippen LogP contribution in [0.4, 0.5) is 5.69 Å². The standard InChI is InChI=1S/C17H26N2O3/c1-12(2)15-8-7-14(10-16(15)22-5)19(4)13(3)6-9-17(21)18-11-20/h7-8,10-13H,6,9H2,1-5H3,(H,18,20,21). The summed E-state index contributed by atoms with van der Waals surface area (Å²) in [6.07, 6.45) is 1.42. The average molecular weight is 306 g/mol. The quantitative estimate of drug-likeness (QED) is 0.750. The van der Waals surface area contributed by atoms with Crippen molar-refractivity contribution < 1.29 is 14.3 Å². The zero-order chi connectivity index (χ0) is 16.7. The molecule has 0 aliphatic carbocycles. The van der Waals surface area contributed by atoms with E-state index in [4.69, 9.17) is 4.74 Å². The van der Waals surface area contributed by atoms with Crippen LogP contribution in [0.5, 0.6) is 5.75 Å². The van der Waals surface area contributed by atoms with Gasteiger partial charge in [0.15, 0.2) is 0 Å². The lowest BCUT2D eigenvalue weighted by Gasteiger charge is -2.28. The summed E-state index contributed by atoms with van der Waals surface area (Å²) in [4.78, 5) is 23.7. The molecule has 22 heavy (non-hydrogen) atoms. The highest BCUT2D eigenvalue weighted by Crippen LogP contribution is 2.31. The predicted molar refractivity (Wildman–Crippen MR) is 88.4 cm³/mol. The first-order valence-electron chi connectivity index (χ1n) is 7.54. The summed E-state index contributed by atoms with van der Waals surface area (Å²) < 4.78 is 5.48. The van der Waals surface area contributed by atoms with Crippen molar-refractivity contribution in [2.75, 3.05) is 19.1 Å². The van der Waals surface area contributed by atoms with Crippen LogP contribution in [0, 0.1) is 0 Å². The monoisotopic (exact) mass is 306 g/mol. The summed E-state index contributed by atoms with van der Waals surface area (Å²) >= 11 is 0. The molecule has 1 aromatic carbocycles. The van der Waals surface area contributed by atoms with Gasteiger partial charge in [-0.1, -0.05) is 19.9 Å². The molecule has 0 heterocycles. The van der Waals surface area contributed by atoms with E-state index in [-0.39, 0.29) is 11.9 Å². The van der Waals surface area contributed by atoms with E-state index in [1.165, 1.54) is 5.56 Å². The van der Waals surface area contributed by atoms with Crippen LogP contribution in [-0.4, -0.2) is 32.5 Å².